The highest BCUT2D eigenvalue weighted by Gasteiger charge is 2.22. The molecular weight excluding hydrogens is 487 g/mol. The number of nitrogens with one attached hydrogen (secondary N) is 2. The number of benzene rings is 2. The predicted octanol–water partition coefficient (Wildman–Crippen LogP) is 4.11. The first kappa shape index (κ1) is 24.2. The zero-order valence-corrected chi connectivity index (χ0v) is 20.3. The van der Waals surface area contributed by atoms with E-state index >= 15 is 0 Å². The molecule has 0 spiro atoms. The van der Waals surface area contributed by atoms with Crippen molar-refractivity contribution < 1.29 is 4.79 Å². The molecule has 1 aliphatic rings. The number of hydrogen-bond donors (Lipinski definition) is 2. The highest BCUT2D eigenvalue weighted by molar-refractivity contribution is 14.0. The van der Waals surface area contributed by atoms with Crippen LogP contribution in [0.2, 0.25) is 0 Å². The summed E-state index contributed by atoms with van der Waals surface area (Å²) < 4.78 is 0. The summed E-state index contributed by atoms with van der Waals surface area (Å²) in [6.45, 7) is 4.39. The SMILES string of the molecule is CN=C(NCCCC(=O)N1Cc2ccccc2C1)NC(C)CCc1ccccc1.I. The minimum Gasteiger partial charge on any atom is -0.356 e. The molecule has 1 unspecified atom stereocenters. The second-order valence-corrected chi connectivity index (χ2v) is 7.69. The maximum absolute atomic E-state index is 12.5. The Labute approximate surface area is 197 Å². The fraction of sp³-hybridized carbons (Fsp3) is 0.417. The Balaban J connectivity index is 0.00000320. The minimum atomic E-state index is 0. The quantitative estimate of drug-likeness (QED) is 0.239. The van der Waals surface area contributed by atoms with Crippen LogP contribution in [0.4, 0.5) is 0 Å². The van der Waals surface area contributed by atoms with E-state index in [-0.39, 0.29) is 29.9 Å². The third-order valence-corrected chi connectivity index (χ3v) is 5.37. The van der Waals surface area contributed by atoms with Crippen molar-refractivity contribution in [1.29, 1.82) is 0 Å². The van der Waals surface area contributed by atoms with Gasteiger partial charge < -0.3 is 15.5 Å². The third-order valence-electron chi connectivity index (χ3n) is 5.37. The molecule has 0 saturated heterocycles. The molecule has 2 aromatic carbocycles. The van der Waals surface area contributed by atoms with Crippen LogP contribution in [-0.4, -0.2) is 36.4 Å². The molecule has 2 aromatic rings. The molecule has 1 atom stereocenters. The summed E-state index contributed by atoms with van der Waals surface area (Å²) in [4.78, 5) is 18.7. The number of aryl methyl sites for hydroxylation is 1. The summed E-state index contributed by atoms with van der Waals surface area (Å²) >= 11 is 0. The lowest BCUT2D eigenvalue weighted by atomic mass is 10.1. The monoisotopic (exact) mass is 520 g/mol. The molecule has 1 aliphatic heterocycles. The maximum Gasteiger partial charge on any atom is 0.223 e. The van der Waals surface area contributed by atoms with Gasteiger partial charge in [-0.05, 0) is 42.9 Å². The summed E-state index contributed by atoms with van der Waals surface area (Å²) in [5, 5.41) is 6.77. The number of hydrogen-bond acceptors (Lipinski definition) is 2. The van der Waals surface area contributed by atoms with Crippen LogP contribution in [0.15, 0.2) is 59.6 Å². The number of fused-ring (bicyclic) bond motifs is 1. The molecule has 0 saturated carbocycles. The van der Waals surface area contributed by atoms with Crippen molar-refractivity contribution in [3.63, 3.8) is 0 Å². The molecule has 3 rings (SSSR count). The largest absolute Gasteiger partial charge is 0.356 e. The van der Waals surface area contributed by atoms with Crippen LogP contribution in [0.3, 0.4) is 0 Å². The van der Waals surface area contributed by atoms with E-state index in [1.807, 2.05) is 23.1 Å². The minimum absolute atomic E-state index is 0. The predicted molar refractivity (Wildman–Crippen MR) is 134 cm³/mol. The van der Waals surface area contributed by atoms with Gasteiger partial charge in [0.05, 0.1) is 0 Å². The van der Waals surface area contributed by atoms with Gasteiger partial charge in [0.15, 0.2) is 5.96 Å². The lowest BCUT2D eigenvalue weighted by molar-refractivity contribution is -0.131. The molecule has 162 valence electrons. The van der Waals surface area contributed by atoms with E-state index in [0.29, 0.717) is 12.5 Å². The summed E-state index contributed by atoms with van der Waals surface area (Å²) in [5.74, 6) is 1.02. The van der Waals surface area contributed by atoms with Gasteiger partial charge in [0.25, 0.3) is 0 Å². The number of amides is 1. The number of guanidine groups is 1. The van der Waals surface area contributed by atoms with E-state index in [2.05, 4.69) is 58.9 Å². The van der Waals surface area contributed by atoms with Crippen molar-refractivity contribution >= 4 is 35.8 Å². The molecule has 30 heavy (non-hydrogen) atoms. The number of nitrogens with zero attached hydrogens (tertiary/aromatic N) is 2. The van der Waals surface area contributed by atoms with Gasteiger partial charge in [-0.3, -0.25) is 9.79 Å². The number of carbonyl (C=O) groups excluding carboxylic acids is 1. The van der Waals surface area contributed by atoms with Crippen LogP contribution in [0, 0.1) is 0 Å². The second kappa shape index (κ2) is 12.6. The van der Waals surface area contributed by atoms with E-state index in [1.54, 1.807) is 7.05 Å². The normalized spacial score (nSPS) is 13.9. The Morgan fingerprint density at radius 1 is 1.07 bits per heavy atom. The van der Waals surface area contributed by atoms with Gasteiger partial charge in [0.1, 0.15) is 0 Å². The molecule has 0 aromatic heterocycles. The fourth-order valence-electron chi connectivity index (χ4n) is 3.64. The smallest absolute Gasteiger partial charge is 0.223 e. The standard InChI is InChI=1S/C24H32N4O.HI/c1-19(14-15-20-9-4-3-5-10-20)27-24(25-2)26-16-8-13-23(29)28-17-21-11-6-7-12-22(21)18-28;/h3-7,9-12,19H,8,13-18H2,1-2H3,(H2,25,26,27);1H. The number of rotatable bonds is 8. The fourth-order valence-corrected chi connectivity index (χ4v) is 3.64. The molecule has 0 aliphatic carbocycles. The topological polar surface area (TPSA) is 56.7 Å². The lowest BCUT2D eigenvalue weighted by Crippen LogP contribution is -2.42. The maximum atomic E-state index is 12.5. The van der Waals surface area contributed by atoms with Crippen molar-refractivity contribution in [1.82, 2.24) is 15.5 Å². The van der Waals surface area contributed by atoms with Crippen molar-refractivity contribution in [2.45, 2.75) is 51.7 Å². The molecule has 0 radical (unpaired) electrons. The van der Waals surface area contributed by atoms with Crippen LogP contribution in [-0.2, 0) is 24.3 Å². The molecular formula is C24H33IN4O. The van der Waals surface area contributed by atoms with E-state index in [1.165, 1.54) is 16.7 Å². The zero-order chi connectivity index (χ0) is 20.5. The summed E-state index contributed by atoms with van der Waals surface area (Å²) in [6, 6.07) is 19.2. The first-order chi connectivity index (χ1) is 14.2. The second-order valence-electron chi connectivity index (χ2n) is 7.69. The van der Waals surface area contributed by atoms with E-state index in [0.717, 1.165) is 44.9 Å². The number of aliphatic imine (C=N–C) groups is 1. The molecule has 1 amide bonds. The highest BCUT2D eigenvalue weighted by Crippen LogP contribution is 2.22. The van der Waals surface area contributed by atoms with Gasteiger partial charge in [0.2, 0.25) is 5.91 Å². The average molecular weight is 520 g/mol. The van der Waals surface area contributed by atoms with Crippen LogP contribution >= 0.6 is 24.0 Å². The van der Waals surface area contributed by atoms with Crippen LogP contribution in [0.25, 0.3) is 0 Å². The Morgan fingerprint density at radius 3 is 2.33 bits per heavy atom. The van der Waals surface area contributed by atoms with E-state index in [4.69, 9.17) is 0 Å². The molecule has 0 fully saturated rings. The average Bonchev–Trinajstić information content (AvgIpc) is 3.19. The summed E-state index contributed by atoms with van der Waals surface area (Å²) in [7, 11) is 1.78. The van der Waals surface area contributed by atoms with Crippen molar-refractivity contribution in [2.75, 3.05) is 13.6 Å². The van der Waals surface area contributed by atoms with Crippen molar-refractivity contribution in [3.05, 3.63) is 71.3 Å². The van der Waals surface area contributed by atoms with Crippen LogP contribution in [0.1, 0.15) is 42.9 Å². The Morgan fingerprint density at radius 2 is 1.70 bits per heavy atom. The van der Waals surface area contributed by atoms with Gasteiger partial charge in [-0.15, -0.1) is 24.0 Å². The molecule has 2 N–H and O–H groups in total. The first-order valence-electron chi connectivity index (χ1n) is 10.5. The van der Waals surface area contributed by atoms with Crippen LogP contribution in [0.5, 0.6) is 0 Å². The third kappa shape index (κ3) is 7.31. The van der Waals surface area contributed by atoms with Crippen LogP contribution < -0.4 is 10.6 Å². The molecule has 1 heterocycles. The number of halogens is 1. The van der Waals surface area contributed by atoms with Gasteiger partial charge in [-0.2, -0.15) is 0 Å². The van der Waals surface area contributed by atoms with Gasteiger partial charge in [-0.1, -0.05) is 54.6 Å². The Bertz CT molecular complexity index is 800. The highest BCUT2D eigenvalue weighted by atomic mass is 127. The molecule has 6 heteroatoms. The van der Waals surface area contributed by atoms with E-state index < -0.39 is 0 Å². The van der Waals surface area contributed by atoms with Crippen molar-refractivity contribution in [3.8, 4) is 0 Å². The van der Waals surface area contributed by atoms with Crippen molar-refractivity contribution in [2.24, 2.45) is 4.99 Å². The summed E-state index contributed by atoms with van der Waals surface area (Å²) in [5.41, 5.74) is 3.90. The zero-order valence-electron chi connectivity index (χ0n) is 17.9. The molecule has 0 bridgehead atoms. The number of carbonyl (C=O) groups is 1. The van der Waals surface area contributed by atoms with Gasteiger partial charge >= 0.3 is 0 Å². The Hall–Kier alpha value is -2.09. The summed E-state index contributed by atoms with van der Waals surface area (Å²) in [6.07, 6.45) is 3.43. The van der Waals surface area contributed by atoms with Gasteiger partial charge in [0, 0.05) is 39.1 Å². The lowest BCUT2D eigenvalue weighted by Gasteiger charge is -2.18. The first-order valence-corrected chi connectivity index (χ1v) is 10.5. The van der Waals surface area contributed by atoms with E-state index in [9.17, 15) is 4.79 Å². The molecule has 5 nitrogen and oxygen atoms in total. The Kier molecular flexibility index (Phi) is 10.1. The van der Waals surface area contributed by atoms with Gasteiger partial charge in [-0.25, -0.2) is 0 Å².